The number of anilines is 1. The van der Waals surface area contributed by atoms with Crippen molar-refractivity contribution in [2.75, 3.05) is 38.0 Å². The highest BCUT2D eigenvalue weighted by molar-refractivity contribution is 6.43. The van der Waals surface area contributed by atoms with E-state index in [1.807, 2.05) is 25.7 Å². The number of ether oxygens (including phenoxy) is 1. The molecule has 1 N–H and O–H groups in total. The lowest BCUT2D eigenvalue weighted by atomic mass is 10.2. The molecule has 1 heterocycles. The molecule has 2 amide bonds. The summed E-state index contributed by atoms with van der Waals surface area (Å²) in [6.45, 7) is 8.02. The molecule has 1 aliphatic rings. The molecule has 1 aliphatic heterocycles. The zero-order valence-electron chi connectivity index (χ0n) is 14.6. The van der Waals surface area contributed by atoms with Crippen LogP contribution in [0.4, 0.5) is 10.5 Å². The molecule has 0 radical (unpaired) electrons. The number of carbonyl (C=O) groups excluding carboxylic acids is 2. The van der Waals surface area contributed by atoms with Crippen LogP contribution < -0.4 is 5.32 Å². The molecular weight excluding hydrogens is 365 g/mol. The predicted molar refractivity (Wildman–Crippen MR) is 99.3 cm³/mol. The van der Waals surface area contributed by atoms with Gasteiger partial charge in [-0.25, -0.2) is 4.79 Å². The van der Waals surface area contributed by atoms with Crippen LogP contribution in [0.15, 0.2) is 18.2 Å². The van der Waals surface area contributed by atoms with Crippen molar-refractivity contribution in [3.05, 3.63) is 28.2 Å². The Kier molecular flexibility index (Phi) is 6.54. The zero-order chi connectivity index (χ0) is 18.6. The van der Waals surface area contributed by atoms with Crippen molar-refractivity contribution < 1.29 is 14.3 Å². The lowest BCUT2D eigenvalue weighted by molar-refractivity contribution is -0.117. The summed E-state index contributed by atoms with van der Waals surface area (Å²) >= 11 is 12.0. The van der Waals surface area contributed by atoms with Gasteiger partial charge in [-0.15, -0.1) is 0 Å². The summed E-state index contributed by atoms with van der Waals surface area (Å²) < 4.78 is 5.36. The second-order valence-electron chi connectivity index (χ2n) is 6.89. The summed E-state index contributed by atoms with van der Waals surface area (Å²) in [5, 5.41) is 3.48. The van der Waals surface area contributed by atoms with Crippen molar-refractivity contribution in [3.63, 3.8) is 0 Å². The number of hydrogen-bond donors (Lipinski definition) is 1. The van der Waals surface area contributed by atoms with Gasteiger partial charge in [-0.1, -0.05) is 29.3 Å². The lowest BCUT2D eigenvalue weighted by Crippen LogP contribution is -2.51. The van der Waals surface area contributed by atoms with E-state index in [9.17, 15) is 9.59 Å². The van der Waals surface area contributed by atoms with Gasteiger partial charge >= 0.3 is 6.09 Å². The maximum absolute atomic E-state index is 12.2. The van der Waals surface area contributed by atoms with E-state index < -0.39 is 5.60 Å². The van der Waals surface area contributed by atoms with Gasteiger partial charge in [0, 0.05) is 26.2 Å². The molecule has 1 aromatic carbocycles. The van der Waals surface area contributed by atoms with Crippen molar-refractivity contribution in [1.82, 2.24) is 9.80 Å². The Bertz CT molecular complexity index is 639. The predicted octanol–water partition coefficient (Wildman–Crippen LogP) is 3.48. The van der Waals surface area contributed by atoms with Gasteiger partial charge in [0.2, 0.25) is 5.91 Å². The van der Waals surface area contributed by atoms with Crippen LogP contribution in [0.5, 0.6) is 0 Å². The Morgan fingerprint density at radius 3 is 2.40 bits per heavy atom. The van der Waals surface area contributed by atoms with Crippen LogP contribution in [0, 0.1) is 0 Å². The first kappa shape index (κ1) is 19.8. The third-order valence-corrected chi connectivity index (χ3v) is 4.44. The van der Waals surface area contributed by atoms with E-state index in [4.69, 9.17) is 27.9 Å². The van der Waals surface area contributed by atoms with E-state index in [1.165, 1.54) is 0 Å². The van der Waals surface area contributed by atoms with Crippen LogP contribution in [0.2, 0.25) is 10.0 Å². The molecule has 0 unspecified atom stereocenters. The highest BCUT2D eigenvalue weighted by atomic mass is 35.5. The number of nitrogens with zero attached hydrogens (tertiary/aromatic N) is 2. The minimum Gasteiger partial charge on any atom is -0.444 e. The van der Waals surface area contributed by atoms with Crippen LogP contribution in [0.1, 0.15) is 20.8 Å². The van der Waals surface area contributed by atoms with E-state index in [1.54, 1.807) is 23.1 Å². The molecule has 25 heavy (non-hydrogen) atoms. The fourth-order valence-electron chi connectivity index (χ4n) is 2.41. The molecular formula is C17H23Cl2N3O3. The van der Waals surface area contributed by atoms with Crippen molar-refractivity contribution >= 4 is 40.9 Å². The highest BCUT2D eigenvalue weighted by Gasteiger charge is 2.26. The van der Waals surface area contributed by atoms with Crippen LogP contribution >= 0.6 is 23.2 Å². The lowest BCUT2D eigenvalue weighted by Gasteiger charge is -2.35. The molecule has 6 nitrogen and oxygen atoms in total. The third kappa shape index (κ3) is 6.06. The number of amides is 2. The largest absolute Gasteiger partial charge is 0.444 e. The van der Waals surface area contributed by atoms with Crippen molar-refractivity contribution in [3.8, 4) is 0 Å². The van der Waals surface area contributed by atoms with E-state index in [-0.39, 0.29) is 18.5 Å². The molecule has 0 saturated carbocycles. The minimum atomic E-state index is -0.510. The quantitative estimate of drug-likeness (QED) is 0.861. The van der Waals surface area contributed by atoms with Gasteiger partial charge in [0.1, 0.15) is 5.60 Å². The fourth-order valence-corrected chi connectivity index (χ4v) is 2.76. The van der Waals surface area contributed by atoms with Gasteiger partial charge in [0.05, 0.1) is 22.3 Å². The number of halogens is 2. The van der Waals surface area contributed by atoms with Gasteiger partial charge in [-0.2, -0.15) is 0 Å². The molecule has 8 heteroatoms. The number of nitrogens with one attached hydrogen (secondary N) is 1. The first-order valence-corrected chi connectivity index (χ1v) is 8.85. The summed E-state index contributed by atoms with van der Waals surface area (Å²) in [6.07, 6.45) is -0.317. The Morgan fingerprint density at radius 1 is 1.16 bits per heavy atom. The number of rotatable bonds is 3. The fraction of sp³-hybridized carbons (Fsp3) is 0.529. The number of hydrogen-bond acceptors (Lipinski definition) is 4. The van der Waals surface area contributed by atoms with Crippen LogP contribution in [0.3, 0.4) is 0 Å². The van der Waals surface area contributed by atoms with Gasteiger partial charge in [-0.05, 0) is 32.9 Å². The molecule has 2 rings (SSSR count). The number of carbonyl (C=O) groups is 2. The van der Waals surface area contributed by atoms with E-state index in [2.05, 4.69) is 5.32 Å². The van der Waals surface area contributed by atoms with Crippen molar-refractivity contribution in [2.45, 2.75) is 26.4 Å². The molecule has 0 aliphatic carbocycles. The monoisotopic (exact) mass is 387 g/mol. The summed E-state index contributed by atoms with van der Waals surface area (Å²) in [6, 6.07) is 5.09. The second-order valence-corrected chi connectivity index (χ2v) is 7.68. The van der Waals surface area contributed by atoms with Crippen LogP contribution in [0.25, 0.3) is 0 Å². The highest BCUT2D eigenvalue weighted by Crippen LogP contribution is 2.29. The van der Waals surface area contributed by atoms with Crippen molar-refractivity contribution in [2.24, 2.45) is 0 Å². The van der Waals surface area contributed by atoms with Crippen LogP contribution in [-0.4, -0.2) is 60.1 Å². The molecule has 0 bridgehead atoms. The Labute approximate surface area is 158 Å². The van der Waals surface area contributed by atoms with E-state index in [0.29, 0.717) is 41.9 Å². The molecule has 1 saturated heterocycles. The molecule has 138 valence electrons. The number of benzene rings is 1. The maximum Gasteiger partial charge on any atom is 0.410 e. The average molecular weight is 388 g/mol. The normalized spacial score (nSPS) is 15.8. The average Bonchev–Trinajstić information content (AvgIpc) is 2.51. The summed E-state index contributed by atoms with van der Waals surface area (Å²) in [7, 11) is 0. The molecule has 0 aromatic heterocycles. The van der Waals surface area contributed by atoms with Gasteiger partial charge < -0.3 is 15.0 Å². The first-order chi connectivity index (χ1) is 11.7. The zero-order valence-corrected chi connectivity index (χ0v) is 16.2. The topological polar surface area (TPSA) is 61.9 Å². The van der Waals surface area contributed by atoms with Gasteiger partial charge in [-0.3, -0.25) is 9.69 Å². The smallest absolute Gasteiger partial charge is 0.410 e. The van der Waals surface area contributed by atoms with Crippen molar-refractivity contribution in [1.29, 1.82) is 0 Å². The summed E-state index contributed by atoms with van der Waals surface area (Å²) in [5.74, 6) is -0.171. The molecule has 0 atom stereocenters. The Balaban J connectivity index is 1.80. The standard InChI is InChI=1S/C17H23Cl2N3O3/c1-17(2,3)25-16(24)22-9-7-21(8-10-22)11-14(23)20-13-6-4-5-12(18)15(13)19/h4-6H,7-11H2,1-3H3,(H,20,23). The van der Waals surface area contributed by atoms with Gasteiger partial charge in [0.25, 0.3) is 0 Å². The second kappa shape index (κ2) is 8.25. The third-order valence-electron chi connectivity index (χ3n) is 3.62. The van der Waals surface area contributed by atoms with Crippen LogP contribution in [-0.2, 0) is 9.53 Å². The number of piperazine rings is 1. The van der Waals surface area contributed by atoms with E-state index in [0.717, 1.165) is 0 Å². The molecule has 1 fully saturated rings. The summed E-state index contributed by atoms with van der Waals surface area (Å²) in [4.78, 5) is 27.9. The minimum absolute atomic E-state index is 0.171. The van der Waals surface area contributed by atoms with E-state index >= 15 is 0 Å². The van der Waals surface area contributed by atoms with Gasteiger partial charge in [0.15, 0.2) is 0 Å². The molecule has 0 spiro atoms. The summed E-state index contributed by atoms with van der Waals surface area (Å²) in [5.41, 5.74) is -0.0174. The Hall–Kier alpha value is -1.50. The first-order valence-electron chi connectivity index (χ1n) is 8.10. The maximum atomic E-state index is 12.2. The molecule has 1 aromatic rings. The Morgan fingerprint density at radius 2 is 1.80 bits per heavy atom. The SMILES string of the molecule is CC(C)(C)OC(=O)N1CCN(CC(=O)Nc2cccc(Cl)c2Cl)CC1.